The second-order valence-corrected chi connectivity index (χ2v) is 6.17. The topological polar surface area (TPSA) is 83.6 Å². The van der Waals surface area contributed by atoms with E-state index in [1.165, 1.54) is 4.90 Å². The van der Waals surface area contributed by atoms with Crippen LogP contribution in [0.1, 0.15) is 23.2 Å². The Morgan fingerprint density at radius 2 is 1.62 bits per heavy atom. The Morgan fingerprint density at radius 3 is 2.25 bits per heavy atom. The van der Waals surface area contributed by atoms with Gasteiger partial charge in [0, 0.05) is 12.1 Å². The summed E-state index contributed by atoms with van der Waals surface area (Å²) >= 11 is 0. The summed E-state index contributed by atoms with van der Waals surface area (Å²) in [5.74, 6) is -0.978. The molecule has 1 saturated heterocycles. The Kier molecular flexibility index (Phi) is 4.36. The van der Waals surface area contributed by atoms with E-state index in [1.54, 1.807) is 12.1 Å². The minimum atomic E-state index is -1.63. The van der Waals surface area contributed by atoms with E-state index in [4.69, 9.17) is 5.73 Å². The van der Waals surface area contributed by atoms with Crippen LogP contribution in [0.2, 0.25) is 0 Å². The van der Waals surface area contributed by atoms with E-state index >= 15 is 0 Å². The number of primary amides is 1. The summed E-state index contributed by atoms with van der Waals surface area (Å²) in [6.07, 6.45) is 0.840. The fraction of sp³-hybridized carbons (Fsp3) is 0.263. The van der Waals surface area contributed by atoms with Crippen LogP contribution in [0.25, 0.3) is 11.1 Å². The van der Waals surface area contributed by atoms with Crippen LogP contribution >= 0.6 is 0 Å². The molecule has 0 spiro atoms. The van der Waals surface area contributed by atoms with Gasteiger partial charge in [0.2, 0.25) is 0 Å². The van der Waals surface area contributed by atoms with Crippen molar-refractivity contribution in [2.45, 2.75) is 18.4 Å². The van der Waals surface area contributed by atoms with Crippen molar-refractivity contribution in [1.29, 1.82) is 0 Å². The highest BCUT2D eigenvalue weighted by Gasteiger charge is 2.40. The molecule has 3 N–H and O–H groups in total. The third-order valence-electron chi connectivity index (χ3n) is 4.46. The van der Waals surface area contributed by atoms with Crippen molar-refractivity contribution in [1.82, 2.24) is 4.90 Å². The van der Waals surface area contributed by atoms with Gasteiger partial charge in [-0.1, -0.05) is 42.5 Å². The highest BCUT2D eigenvalue weighted by molar-refractivity contribution is 5.95. The number of piperidine rings is 1. The number of amides is 2. The van der Waals surface area contributed by atoms with E-state index < -0.39 is 11.5 Å². The predicted octanol–water partition coefficient (Wildman–Crippen LogP) is 1.81. The van der Waals surface area contributed by atoms with E-state index in [0.29, 0.717) is 24.9 Å². The number of nitrogens with zero attached hydrogens (tertiary/aromatic N) is 1. The largest absolute Gasteiger partial charge is 0.378 e. The van der Waals surface area contributed by atoms with Gasteiger partial charge in [0.05, 0.1) is 6.54 Å². The number of aliphatic hydroxyl groups is 1. The van der Waals surface area contributed by atoms with Crippen LogP contribution < -0.4 is 5.73 Å². The summed E-state index contributed by atoms with van der Waals surface area (Å²) in [6.45, 7) is 0.455. The Hall–Kier alpha value is -2.66. The monoisotopic (exact) mass is 324 g/mol. The second-order valence-electron chi connectivity index (χ2n) is 6.17. The molecule has 1 fully saturated rings. The fourth-order valence-electron chi connectivity index (χ4n) is 3.03. The van der Waals surface area contributed by atoms with Crippen molar-refractivity contribution >= 4 is 11.8 Å². The van der Waals surface area contributed by atoms with Gasteiger partial charge in [-0.2, -0.15) is 0 Å². The van der Waals surface area contributed by atoms with Gasteiger partial charge in [-0.3, -0.25) is 9.59 Å². The Morgan fingerprint density at radius 1 is 1.00 bits per heavy atom. The van der Waals surface area contributed by atoms with Crippen molar-refractivity contribution in [3.8, 4) is 11.1 Å². The maximum absolute atomic E-state index is 12.6. The molecule has 1 atom stereocenters. The molecular formula is C19H20N2O3. The van der Waals surface area contributed by atoms with Gasteiger partial charge in [-0.25, -0.2) is 0 Å². The van der Waals surface area contributed by atoms with Crippen LogP contribution in [0.5, 0.6) is 0 Å². The molecule has 3 rings (SSSR count). The molecule has 124 valence electrons. The van der Waals surface area contributed by atoms with Crippen LogP contribution in [-0.4, -0.2) is 40.5 Å². The van der Waals surface area contributed by atoms with Crippen LogP contribution in [0.4, 0.5) is 0 Å². The summed E-state index contributed by atoms with van der Waals surface area (Å²) in [5.41, 5.74) is 6.27. The maximum atomic E-state index is 12.6. The molecule has 2 aromatic rings. The number of rotatable bonds is 3. The molecule has 0 unspecified atom stereocenters. The van der Waals surface area contributed by atoms with Crippen molar-refractivity contribution in [3.05, 3.63) is 60.2 Å². The average molecular weight is 324 g/mol. The van der Waals surface area contributed by atoms with Gasteiger partial charge in [0.15, 0.2) is 5.60 Å². The van der Waals surface area contributed by atoms with Crippen molar-refractivity contribution in [2.75, 3.05) is 13.1 Å². The Labute approximate surface area is 140 Å². The zero-order valence-electron chi connectivity index (χ0n) is 13.3. The van der Waals surface area contributed by atoms with E-state index in [0.717, 1.165) is 11.1 Å². The van der Waals surface area contributed by atoms with Gasteiger partial charge in [-0.05, 0) is 36.1 Å². The lowest BCUT2D eigenvalue weighted by molar-refractivity contribution is -0.140. The minimum absolute atomic E-state index is 0.0540. The molecule has 0 saturated carbocycles. The van der Waals surface area contributed by atoms with E-state index in [2.05, 4.69) is 0 Å². The van der Waals surface area contributed by atoms with Gasteiger partial charge in [0.25, 0.3) is 11.8 Å². The summed E-state index contributed by atoms with van der Waals surface area (Å²) in [4.78, 5) is 25.5. The molecule has 5 heteroatoms. The van der Waals surface area contributed by atoms with Crippen LogP contribution in [0.15, 0.2) is 54.6 Å². The lowest BCUT2D eigenvalue weighted by atomic mass is 9.91. The standard InChI is InChI=1S/C19H20N2O3/c20-18(23)19(24)11-4-12-21(13-19)17(22)16-9-7-15(8-10-16)14-5-2-1-3-6-14/h1-3,5-10,24H,4,11-13H2,(H2,20,23)/t19-/m0/s1. The van der Waals surface area contributed by atoms with E-state index in [1.807, 2.05) is 42.5 Å². The Bertz CT molecular complexity index is 743. The number of β-amino-alcohol motifs (C(OH)–C–C–N with tert-alkyl or cyclic N) is 1. The molecule has 1 heterocycles. The number of carbonyl (C=O) groups is 2. The van der Waals surface area contributed by atoms with Crippen molar-refractivity contribution in [3.63, 3.8) is 0 Å². The highest BCUT2D eigenvalue weighted by Crippen LogP contribution is 2.24. The summed E-state index contributed by atoms with van der Waals surface area (Å²) < 4.78 is 0. The summed E-state index contributed by atoms with van der Waals surface area (Å²) in [7, 11) is 0. The lowest BCUT2D eigenvalue weighted by Crippen LogP contribution is -2.57. The first-order valence-electron chi connectivity index (χ1n) is 7.97. The molecular weight excluding hydrogens is 304 g/mol. The third kappa shape index (κ3) is 3.16. The van der Waals surface area contributed by atoms with Crippen LogP contribution in [0.3, 0.4) is 0 Å². The molecule has 5 nitrogen and oxygen atoms in total. The number of likely N-dealkylation sites (tertiary alicyclic amines) is 1. The Balaban J connectivity index is 1.77. The number of hydrogen-bond acceptors (Lipinski definition) is 3. The fourth-order valence-corrected chi connectivity index (χ4v) is 3.03. The van der Waals surface area contributed by atoms with E-state index in [9.17, 15) is 14.7 Å². The normalized spacial score (nSPS) is 20.6. The van der Waals surface area contributed by atoms with Gasteiger partial charge >= 0.3 is 0 Å². The van der Waals surface area contributed by atoms with Crippen LogP contribution in [-0.2, 0) is 4.79 Å². The lowest BCUT2D eigenvalue weighted by Gasteiger charge is -2.37. The maximum Gasteiger partial charge on any atom is 0.253 e. The van der Waals surface area contributed by atoms with Gasteiger partial charge in [0.1, 0.15) is 0 Å². The molecule has 0 aliphatic carbocycles. The molecule has 1 aliphatic rings. The molecule has 2 amide bonds. The quantitative estimate of drug-likeness (QED) is 0.903. The molecule has 1 aliphatic heterocycles. The SMILES string of the molecule is NC(=O)[C@]1(O)CCCN(C(=O)c2ccc(-c3ccccc3)cc2)C1. The zero-order valence-corrected chi connectivity index (χ0v) is 13.3. The van der Waals surface area contributed by atoms with Gasteiger partial charge in [-0.15, -0.1) is 0 Å². The molecule has 0 radical (unpaired) electrons. The second kappa shape index (κ2) is 6.45. The third-order valence-corrected chi connectivity index (χ3v) is 4.46. The molecule has 0 aromatic heterocycles. The smallest absolute Gasteiger partial charge is 0.253 e. The minimum Gasteiger partial charge on any atom is -0.378 e. The average Bonchev–Trinajstić information content (AvgIpc) is 2.62. The first kappa shape index (κ1) is 16.2. The first-order valence-corrected chi connectivity index (χ1v) is 7.97. The number of benzene rings is 2. The van der Waals surface area contributed by atoms with Gasteiger partial charge < -0.3 is 15.7 Å². The number of carbonyl (C=O) groups excluding carboxylic acids is 2. The van der Waals surface area contributed by atoms with E-state index in [-0.39, 0.29) is 12.5 Å². The molecule has 0 bridgehead atoms. The first-order chi connectivity index (χ1) is 11.5. The highest BCUT2D eigenvalue weighted by atomic mass is 16.3. The number of nitrogens with two attached hydrogens (primary N) is 1. The predicted molar refractivity (Wildman–Crippen MR) is 91.2 cm³/mol. The zero-order chi connectivity index (χ0) is 17.2. The van der Waals surface area contributed by atoms with Crippen molar-refractivity contribution in [2.24, 2.45) is 5.73 Å². The summed E-state index contributed by atoms with van der Waals surface area (Å²) in [6, 6.07) is 17.2. The van der Waals surface area contributed by atoms with Crippen LogP contribution in [0, 0.1) is 0 Å². The van der Waals surface area contributed by atoms with Crippen molar-refractivity contribution < 1.29 is 14.7 Å². The number of hydrogen-bond donors (Lipinski definition) is 2. The summed E-state index contributed by atoms with van der Waals surface area (Å²) in [5, 5.41) is 10.2. The molecule has 2 aromatic carbocycles. The molecule has 24 heavy (non-hydrogen) atoms.